The van der Waals surface area contributed by atoms with Gasteiger partial charge in [-0.3, -0.25) is 4.98 Å². The molecule has 12 aromatic carbocycles. The van der Waals surface area contributed by atoms with Crippen LogP contribution in [0, 0.1) is 0 Å². The van der Waals surface area contributed by atoms with E-state index < -0.39 is 0 Å². The molecule has 0 bridgehead atoms. The number of nitrogens with zero attached hydrogens (tertiary/aromatic N) is 4. The minimum absolute atomic E-state index is 0.0109. The first kappa shape index (κ1) is 58.7. The third-order valence-electron chi connectivity index (χ3n) is 23.3. The molecule has 7 heterocycles. The maximum absolute atomic E-state index is 6.18. The number of hydrogen-bond acceptors (Lipinski definition) is 5. The fraction of sp³-hybridized carbons (Fsp3) is 0.174. The molecule has 482 valence electrons. The molecular weight excluding hydrogens is 1230 g/mol. The van der Waals surface area contributed by atoms with E-state index in [0.29, 0.717) is 20.2 Å². The smallest absolute Gasteiger partial charge is 0.292 e. The van der Waals surface area contributed by atoms with Gasteiger partial charge in [0, 0.05) is 72.3 Å². The summed E-state index contributed by atoms with van der Waals surface area (Å²) in [6.45, 7) is 20.5. The Labute approximate surface area is 580 Å². The molecule has 0 N–H and O–H groups in total. The largest absolute Gasteiger partial charge is 0.496 e. The first-order valence-corrected chi connectivity index (χ1v) is 35.0. The van der Waals surface area contributed by atoms with Crippen LogP contribution in [0.3, 0.4) is 0 Å². The Bertz CT molecular complexity index is 5970. The number of fused-ring (bicyclic) bond motifs is 18. The molecule has 16 aromatic rings. The van der Waals surface area contributed by atoms with Crippen molar-refractivity contribution in [2.75, 3.05) is 7.11 Å². The molecule has 4 aromatic heterocycles. The molecule has 0 amide bonds. The van der Waals surface area contributed by atoms with Crippen molar-refractivity contribution in [1.82, 2.24) is 4.98 Å². The third-order valence-corrected chi connectivity index (χ3v) is 23.3. The average Bonchev–Trinajstić information content (AvgIpc) is 1.51. The van der Waals surface area contributed by atoms with Crippen LogP contribution in [0.5, 0.6) is 23.0 Å². The Morgan fingerprint density at radius 1 is 0.320 bits per heavy atom. The summed E-state index contributed by atoms with van der Waals surface area (Å²) in [5, 5.41) is 20.5. The van der Waals surface area contributed by atoms with Crippen LogP contribution in [0.1, 0.15) is 99.9 Å². The Hall–Kier alpha value is -11.5. The van der Waals surface area contributed by atoms with Gasteiger partial charge in [0.15, 0.2) is 18.6 Å². The number of aromatic nitrogens is 4. The van der Waals surface area contributed by atoms with Crippen molar-refractivity contribution in [3.8, 4) is 68.0 Å². The Kier molecular flexibility index (Phi) is 12.2. The van der Waals surface area contributed by atoms with Crippen molar-refractivity contribution in [3.05, 3.63) is 288 Å². The molecule has 4 aliphatic carbocycles. The Balaban J connectivity index is 0.0000000904. The van der Waals surface area contributed by atoms with Gasteiger partial charge in [-0.25, -0.2) is 0 Å². The number of rotatable bonds is 1. The predicted molar refractivity (Wildman–Crippen MR) is 403 cm³/mol. The zero-order valence-electron chi connectivity index (χ0n) is 57.6. The summed E-state index contributed by atoms with van der Waals surface area (Å²) in [5.74, 6) is 3.98. The molecule has 23 rings (SSSR count). The summed E-state index contributed by atoms with van der Waals surface area (Å²) in [5.41, 5.74) is 20.9. The molecule has 8 nitrogen and oxygen atoms in total. The summed E-state index contributed by atoms with van der Waals surface area (Å²) >= 11 is 0. The molecule has 0 unspecified atom stereocenters. The van der Waals surface area contributed by atoms with Gasteiger partial charge in [0.1, 0.15) is 23.0 Å². The molecule has 100 heavy (non-hydrogen) atoms. The summed E-state index contributed by atoms with van der Waals surface area (Å²) in [4.78, 5) is 4.97. The molecule has 0 radical (unpaired) electrons. The van der Waals surface area contributed by atoms with E-state index in [9.17, 15) is 0 Å². The monoisotopic (exact) mass is 1300 g/mol. The highest BCUT2D eigenvalue weighted by molar-refractivity contribution is 6.09. The number of hydrogen-bond donors (Lipinski definition) is 0. The van der Waals surface area contributed by atoms with Gasteiger partial charge in [-0.2, -0.15) is 13.7 Å². The fourth-order valence-corrected chi connectivity index (χ4v) is 19.1. The van der Waals surface area contributed by atoms with Crippen LogP contribution in [0.25, 0.3) is 131 Å². The van der Waals surface area contributed by atoms with Gasteiger partial charge in [-0.15, -0.1) is 0 Å². The molecule has 0 saturated heterocycles. The molecular formula is C92H73N4O4+3. The van der Waals surface area contributed by atoms with Gasteiger partial charge in [-0.05, 0) is 152 Å². The van der Waals surface area contributed by atoms with Crippen molar-refractivity contribution in [3.63, 3.8) is 0 Å². The topological polar surface area (TPSA) is 61.5 Å². The SMILES string of the molecule is CC1(C)c2c3c(cc4ccccc24)OC[n+]2cc4ccccc4c1c2-3.CC1(C)c2c3c(cc4ccccc24)OC[n+]2cc4ccccc4c1c2-3.CC1(C)c2ccc[n+]3c2-c2c(cc4ccccc4c21)OC3.COc1cc2ccccc2c2c1-c1ncc3cc4ccccc4cc3c1C2(C)C. The van der Waals surface area contributed by atoms with Gasteiger partial charge < -0.3 is 18.9 Å². The van der Waals surface area contributed by atoms with Crippen LogP contribution in [0.4, 0.5) is 0 Å². The maximum atomic E-state index is 6.18. The van der Waals surface area contributed by atoms with Crippen LogP contribution >= 0.6 is 0 Å². The van der Waals surface area contributed by atoms with E-state index in [1.807, 2.05) is 6.20 Å². The van der Waals surface area contributed by atoms with Crippen molar-refractivity contribution in [1.29, 1.82) is 0 Å². The Morgan fingerprint density at radius 2 is 0.690 bits per heavy atom. The first-order chi connectivity index (χ1) is 48.6. The lowest BCUT2D eigenvalue weighted by Gasteiger charge is -2.24. The van der Waals surface area contributed by atoms with Gasteiger partial charge in [0.25, 0.3) is 20.2 Å². The molecule has 7 aliphatic rings. The second kappa shape index (κ2) is 20.8. The van der Waals surface area contributed by atoms with Crippen LogP contribution < -0.4 is 32.6 Å². The van der Waals surface area contributed by atoms with E-state index in [2.05, 4.69) is 306 Å². The zero-order valence-corrected chi connectivity index (χ0v) is 57.6. The van der Waals surface area contributed by atoms with Crippen LogP contribution in [-0.4, -0.2) is 12.1 Å². The Morgan fingerprint density at radius 3 is 1.16 bits per heavy atom. The first-order valence-electron chi connectivity index (χ1n) is 35.0. The zero-order chi connectivity index (χ0) is 67.5. The summed E-state index contributed by atoms with van der Waals surface area (Å²) in [6.07, 6.45) is 8.59. The van der Waals surface area contributed by atoms with E-state index in [0.717, 1.165) is 34.3 Å². The highest BCUT2D eigenvalue weighted by Crippen LogP contribution is 2.61. The summed E-state index contributed by atoms with van der Waals surface area (Å²) in [7, 11) is 1.75. The normalized spacial score (nSPS) is 15.7. The molecule has 8 heteroatoms. The van der Waals surface area contributed by atoms with E-state index in [1.165, 1.54) is 164 Å². The van der Waals surface area contributed by atoms with Gasteiger partial charge >= 0.3 is 0 Å². The lowest BCUT2D eigenvalue weighted by molar-refractivity contribution is -0.717. The van der Waals surface area contributed by atoms with Gasteiger partial charge in [-0.1, -0.05) is 213 Å². The molecule has 0 fully saturated rings. The fourth-order valence-electron chi connectivity index (χ4n) is 19.1. The number of methoxy groups -OCH3 is 1. The molecule has 0 spiro atoms. The van der Waals surface area contributed by atoms with Crippen LogP contribution in [-0.2, 0) is 41.9 Å². The highest BCUT2D eigenvalue weighted by Gasteiger charge is 2.51. The van der Waals surface area contributed by atoms with Crippen molar-refractivity contribution >= 4 is 86.2 Å². The maximum Gasteiger partial charge on any atom is 0.292 e. The number of ether oxygens (including phenoxy) is 4. The van der Waals surface area contributed by atoms with Gasteiger partial charge in [0.2, 0.25) is 17.1 Å². The van der Waals surface area contributed by atoms with Crippen molar-refractivity contribution in [2.45, 2.75) is 97.2 Å². The standard InChI is InChI=1S/C27H21NO.2C23H18NO.C19H16NO/c1-27(2)24-20-11-7-6-10-18(20)14-22(29-3)23(24)26-25(27)21-13-17-9-5-4-8-16(17)12-19(21)15-28-26;2*1-23(2)20-16-9-5-3-7-14(16)11-18-19(20)22-21(23)17-10-6-4-8-15(17)12-24(22)13-25-18;1-19(2)14-8-5-9-20-11-21-15-10-12-6-3-4-7-13(12)17(19)16(15)18(14)20/h4-15H,1-3H3;2*3-12H,13H2,1-2H3;3-10H,11H2,1-2H3/q;3*+1. The lowest BCUT2D eigenvalue weighted by atomic mass is 9.78. The highest BCUT2D eigenvalue weighted by atomic mass is 16.5. The van der Waals surface area contributed by atoms with Crippen LogP contribution in [0.15, 0.2) is 243 Å². The number of benzene rings is 12. The van der Waals surface area contributed by atoms with Crippen LogP contribution in [0.2, 0.25) is 0 Å². The van der Waals surface area contributed by atoms with Crippen molar-refractivity contribution < 1.29 is 32.6 Å². The molecule has 0 atom stereocenters. The second-order valence-corrected chi connectivity index (χ2v) is 30.2. The second-order valence-electron chi connectivity index (χ2n) is 30.2. The minimum atomic E-state index is -0.173. The van der Waals surface area contributed by atoms with E-state index in [1.54, 1.807) is 7.11 Å². The van der Waals surface area contributed by atoms with E-state index in [-0.39, 0.29) is 21.7 Å². The molecule has 0 saturated carbocycles. The minimum Gasteiger partial charge on any atom is -0.496 e. The van der Waals surface area contributed by atoms with E-state index >= 15 is 0 Å². The third kappa shape index (κ3) is 7.98. The summed E-state index contributed by atoms with van der Waals surface area (Å²) < 4.78 is 31.0. The lowest BCUT2D eigenvalue weighted by Crippen LogP contribution is -2.41. The van der Waals surface area contributed by atoms with Crippen molar-refractivity contribution in [2.24, 2.45) is 0 Å². The van der Waals surface area contributed by atoms with Gasteiger partial charge in [0.05, 0.1) is 29.5 Å². The molecule has 3 aliphatic heterocycles. The predicted octanol–water partition coefficient (Wildman–Crippen LogP) is 20.5. The summed E-state index contributed by atoms with van der Waals surface area (Å²) in [6, 6.07) is 78.3. The average molecular weight is 1300 g/mol. The van der Waals surface area contributed by atoms with E-state index in [4.69, 9.17) is 23.9 Å². The quantitative estimate of drug-likeness (QED) is 0.121. The number of pyridine rings is 4.